The number of nitrogens with zero attached hydrogens (tertiary/aromatic N) is 4. The molecule has 118 valence electrons. The number of aryl methyl sites for hydroxylation is 1. The minimum absolute atomic E-state index is 0.525. The van der Waals surface area contributed by atoms with E-state index in [0.717, 1.165) is 37.6 Å². The lowest BCUT2D eigenvalue weighted by atomic mass is 10.3. The first-order chi connectivity index (χ1) is 10.8. The van der Waals surface area contributed by atoms with Gasteiger partial charge in [-0.05, 0) is 25.7 Å². The van der Waals surface area contributed by atoms with Crippen LogP contribution in [0.15, 0.2) is 24.8 Å². The summed E-state index contributed by atoms with van der Waals surface area (Å²) in [6, 6.07) is 1.90. The Morgan fingerprint density at radius 1 is 1.36 bits per heavy atom. The number of rotatable bonds is 9. The number of ether oxygens (including phenoxy) is 1. The van der Waals surface area contributed by atoms with E-state index in [1.54, 1.807) is 6.20 Å². The SMILES string of the molecule is CCCOc1cc(NCCCn2ccnc2)nc(C2CC2)n1. The van der Waals surface area contributed by atoms with Crippen LogP contribution in [0.3, 0.4) is 0 Å². The summed E-state index contributed by atoms with van der Waals surface area (Å²) in [5, 5.41) is 3.38. The Bertz CT molecular complexity index is 580. The molecule has 0 unspecified atom stereocenters. The van der Waals surface area contributed by atoms with Gasteiger partial charge >= 0.3 is 0 Å². The summed E-state index contributed by atoms with van der Waals surface area (Å²) in [6.45, 7) is 4.61. The second-order valence-electron chi connectivity index (χ2n) is 5.65. The monoisotopic (exact) mass is 301 g/mol. The van der Waals surface area contributed by atoms with Gasteiger partial charge in [0.05, 0.1) is 12.9 Å². The lowest BCUT2D eigenvalue weighted by Gasteiger charge is -2.10. The fourth-order valence-electron chi connectivity index (χ4n) is 2.24. The number of imidazole rings is 1. The molecule has 1 aliphatic carbocycles. The predicted molar refractivity (Wildman–Crippen MR) is 85.1 cm³/mol. The number of hydrogen-bond acceptors (Lipinski definition) is 5. The first-order valence-electron chi connectivity index (χ1n) is 8.06. The van der Waals surface area contributed by atoms with Crippen molar-refractivity contribution in [2.45, 2.75) is 45.1 Å². The molecule has 1 N–H and O–H groups in total. The van der Waals surface area contributed by atoms with E-state index in [4.69, 9.17) is 4.74 Å². The van der Waals surface area contributed by atoms with E-state index < -0.39 is 0 Å². The molecule has 2 aromatic rings. The lowest BCUT2D eigenvalue weighted by molar-refractivity contribution is 0.303. The first kappa shape index (κ1) is 14.8. The second kappa shape index (κ2) is 7.24. The molecule has 2 heterocycles. The largest absolute Gasteiger partial charge is 0.478 e. The fourth-order valence-corrected chi connectivity index (χ4v) is 2.24. The highest BCUT2D eigenvalue weighted by Gasteiger charge is 2.27. The van der Waals surface area contributed by atoms with E-state index >= 15 is 0 Å². The van der Waals surface area contributed by atoms with Crippen molar-refractivity contribution < 1.29 is 4.74 Å². The molecule has 1 fully saturated rings. The molecule has 0 spiro atoms. The van der Waals surface area contributed by atoms with Gasteiger partial charge in [-0.1, -0.05) is 6.92 Å². The van der Waals surface area contributed by atoms with Gasteiger partial charge in [0.25, 0.3) is 0 Å². The summed E-state index contributed by atoms with van der Waals surface area (Å²) in [6.07, 6.45) is 10.0. The topological polar surface area (TPSA) is 64.9 Å². The van der Waals surface area contributed by atoms with Crippen molar-refractivity contribution in [2.24, 2.45) is 0 Å². The lowest BCUT2D eigenvalue weighted by Crippen LogP contribution is -2.09. The maximum absolute atomic E-state index is 5.68. The third-order valence-electron chi connectivity index (χ3n) is 3.57. The van der Waals surface area contributed by atoms with Crippen LogP contribution in [-0.4, -0.2) is 32.7 Å². The Labute approximate surface area is 131 Å². The van der Waals surface area contributed by atoms with Crippen LogP contribution >= 0.6 is 0 Å². The van der Waals surface area contributed by atoms with Crippen molar-refractivity contribution in [3.8, 4) is 5.88 Å². The summed E-state index contributed by atoms with van der Waals surface area (Å²) in [5.74, 6) is 3.01. The third kappa shape index (κ3) is 4.19. The molecule has 22 heavy (non-hydrogen) atoms. The van der Waals surface area contributed by atoms with E-state index in [9.17, 15) is 0 Å². The van der Waals surface area contributed by atoms with Crippen molar-refractivity contribution in [2.75, 3.05) is 18.5 Å². The van der Waals surface area contributed by atoms with Crippen molar-refractivity contribution in [1.29, 1.82) is 0 Å². The number of nitrogens with one attached hydrogen (secondary N) is 1. The van der Waals surface area contributed by atoms with Gasteiger partial charge < -0.3 is 14.6 Å². The highest BCUT2D eigenvalue weighted by Crippen LogP contribution is 2.39. The molecule has 6 nitrogen and oxygen atoms in total. The maximum Gasteiger partial charge on any atom is 0.218 e. The van der Waals surface area contributed by atoms with Crippen LogP contribution in [0.5, 0.6) is 5.88 Å². The number of aromatic nitrogens is 4. The van der Waals surface area contributed by atoms with Crippen LogP contribution in [-0.2, 0) is 6.54 Å². The maximum atomic E-state index is 5.68. The fraction of sp³-hybridized carbons (Fsp3) is 0.562. The molecule has 1 saturated carbocycles. The van der Waals surface area contributed by atoms with Gasteiger partial charge in [0.2, 0.25) is 5.88 Å². The average molecular weight is 301 g/mol. The summed E-state index contributed by atoms with van der Waals surface area (Å²) < 4.78 is 7.75. The van der Waals surface area contributed by atoms with Crippen LogP contribution in [0.25, 0.3) is 0 Å². The minimum atomic E-state index is 0.525. The van der Waals surface area contributed by atoms with Crippen molar-refractivity contribution in [3.05, 3.63) is 30.6 Å². The van der Waals surface area contributed by atoms with E-state index in [1.165, 1.54) is 12.8 Å². The zero-order valence-corrected chi connectivity index (χ0v) is 13.0. The zero-order valence-electron chi connectivity index (χ0n) is 13.0. The Balaban J connectivity index is 1.55. The van der Waals surface area contributed by atoms with Crippen LogP contribution in [0.1, 0.15) is 44.3 Å². The Kier molecular flexibility index (Phi) is 4.88. The molecule has 0 saturated heterocycles. The quantitative estimate of drug-likeness (QED) is 0.721. The van der Waals surface area contributed by atoms with Gasteiger partial charge in [-0.3, -0.25) is 0 Å². The molecule has 0 amide bonds. The zero-order chi connectivity index (χ0) is 15.2. The predicted octanol–water partition coefficient (Wildman–Crippen LogP) is 2.84. The van der Waals surface area contributed by atoms with E-state index in [2.05, 4.69) is 31.8 Å². The first-order valence-corrected chi connectivity index (χ1v) is 8.06. The Morgan fingerprint density at radius 2 is 2.27 bits per heavy atom. The normalized spacial score (nSPS) is 14.0. The molecule has 0 aromatic carbocycles. The van der Waals surface area contributed by atoms with Crippen LogP contribution in [0, 0.1) is 0 Å². The summed E-state index contributed by atoms with van der Waals surface area (Å²) in [5.41, 5.74) is 0. The van der Waals surface area contributed by atoms with Crippen molar-refractivity contribution >= 4 is 5.82 Å². The van der Waals surface area contributed by atoms with Gasteiger partial charge in [-0.15, -0.1) is 0 Å². The molecule has 0 aliphatic heterocycles. The van der Waals surface area contributed by atoms with Gasteiger partial charge in [0.15, 0.2) is 0 Å². The van der Waals surface area contributed by atoms with Gasteiger partial charge in [-0.2, -0.15) is 4.98 Å². The molecule has 6 heteroatoms. The third-order valence-corrected chi connectivity index (χ3v) is 3.57. The Morgan fingerprint density at radius 3 is 3.00 bits per heavy atom. The van der Waals surface area contributed by atoms with E-state index in [1.807, 2.05) is 18.6 Å². The molecule has 1 aliphatic rings. The van der Waals surface area contributed by atoms with Crippen LogP contribution in [0.2, 0.25) is 0 Å². The van der Waals surface area contributed by atoms with E-state index in [-0.39, 0.29) is 0 Å². The highest BCUT2D eigenvalue weighted by molar-refractivity contribution is 5.39. The minimum Gasteiger partial charge on any atom is -0.478 e. The summed E-state index contributed by atoms with van der Waals surface area (Å²) >= 11 is 0. The second-order valence-corrected chi connectivity index (χ2v) is 5.65. The molecule has 0 bridgehead atoms. The van der Waals surface area contributed by atoms with Crippen molar-refractivity contribution in [1.82, 2.24) is 19.5 Å². The molecule has 0 radical (unpaired) electrons. The molecule has 2 aromatic heterocycles. The van der Waals surface area contributed by atoms with Gasteiger partial charge in [0.1, 0.15) is 11.6 Å². The van der Waals surface area contributed by atoms with Crippen molar-refractivity contribution in [3.63, 3.8) is 0 Å². The van der Waals surface area contributed by atoms with E-state index in [0.29, 0.717) is 18.4 Å². The Hall–Kier alpha value is -2.11. The standard InChI is InChI=1S/C16H23N5O/c1-2-10-22-15-11-14(19-16(20-15)13-4-5-13)18-6-3-8-21-9-7-17-12-21/h7,9,11-13H,2-6,8,10H2,1H3,(H,18,19,20). The van der Waals surface area contributed by atoms with Gasteiger partial charge in [-0.25, -0.2) is 9.97 Å². The number of hydrogen-bond donors (Lipinski definition) is 1. The average Bonchev–Trinajstić information content (AvgIpc) is 3.26. The van der Waals surface area contributed by atoms with Gasteiger partial charge in [0, 0.05) is 37.5 Å². The van der Waals surface area contributed by atoms with Crippen LogP contribution < -0.4 is 10.1 Å². The summed E-state index contributed by atoms with van der Waals surface area (Å²) in [7, 11) is 0. The molecular formula is C16H23N5O. The molecule has 0 atom stereocenters. The van der Waals surface area contributed by atoms with Crippen LogP contribution in [0.4, 0.5) is 5.82 Å². The summed E-state index contributed by atoms with van der Waals surface area (Å²) in [4.78, 5) is 13.2. The smallest absolute Gasteiger partial charge is 0.218 e. The number of anilines is 1. The molecule has 3 rings (SSSR count). The highest BCUT2D eigenvalue weighted by atomic mass is 16.5. The molecular weight excluding hydrogens is 278 g/mol.